The highest BCUT2D eigenvalue weighted by Crippen LogP contribution is 2.45. The molecule has 0 aliphatic heterocycles. The molecule has 0 heterocycles. The van der Waals surface area contributed by atoms with Crippen molar-refractivity contribution in [3.8, 4) is 66.8 Å². The maximum atomic E-state index is 5.50. The van der Waals surface area contributed by atoms with Crippen molar-refractivity contribution in [3.63, 3.8) is 0 Å². The minimum Gasteiger partial charge on any atom is -0.251 e. The van der Waals surface area contributed by atoms with Gasteiger partial charge in [-0.2, -0.15) is 0 Å². The fourth-order valence-electron chi connectivity index (χ4n) is 6.95. The predicted molar refractivity (Wildman–Crippen MR) is 231 cm³/mol. The van der Waals surface area contributed by atoms with Gasteiger partial charge in [0.25, 0.3) is 0 Å². The molecule has 8 rings (SSSR count). The van der Waals surface area contributed by atoms with Crippen molar-refractivity contribution in [3.05, 3.63) is 206 Å². The Hall–Kier alpha value is -6.90. The zero-order valence-corrected chi connectivity index (χ0v) is 30.5. The molecule has 8 aromatic rings. The molecule has 0 fully saturated rings. The van der Waals surface area contributed by atoms with Crippen molar-refractivity contribution in [2.45, 2.75) is 13.8 Å². The molecule has 0 aliphatic rings. The van der Waals surface area contributed by atoms with Gasteiger partial charge in [-0.05, 0) is 82.6 Å². The van der Waals surface area contributed by atoms with Gasteiger partial charge in [0, 0.05) is 22.3 Å². The molecular weight excluding hydrogens is 653 g/mol. The maximum absolute atomic E-state index is 5.50. The first-order chi connectivity index (χ1) is 26.6. The van der Waals surface area contributed by atoms with Crippen molar-refractivity contribution in [2.24, 2.45) is 9.98 Å². The molecule has 0 amide bonds. The van der Waals surface area contributed by atoms with Gasteiger partial charge in [0.2, 0.25) is 0 Å². The molecule has 2 heteroatoms. The Balaban J connectivity index is 1.36. The third kappa shape index (κ3) is 7.37. The molecule has 258 valence electrons. The second-order valence-electron chi connectivity index (χ2n) is 13.4. The Morgan fingerprint density at radius 1 is 0.259 bits per heavy atom. The minimum atomic E-state index is 0.849. The predicted octanol–water partition coefficient (Wildman–Crippen LogP) is 14.6. The summed E-state index contributed by atoms with van der Waals surface area (Å²) in [5.41, 5.74) is 16.9. The van der Waals surface area contributed by atoms with Crippen molar-refractivity contribution in [1.82, 2.24) is 0 Å². The van der Waals surface area contributed by atoms with Crippen LogP contribution in [0.2, 0.25) is 0 Å². The number of hydrogen-bond acceptors (Lipinski definition) is 2. The molecule has 54 heavy (non-hydrogen) atoms. The lowest BCUT2D eigenvalue weighted by molar-refractivity contribution is 1.45. The Bertz CT molecular complexity index is 2250. The highest BCUT2D eigenvalue weighted by Gasteiger charge is 2.18. The minimum absolute atomic E-state index is 0.849. The lowest BCUT2D eigenvalue weighted by atomic mass is 9.91. The van der Waals surface area contributed by atoms with Crippen LogP contribution >= 0.6 is 0 Å². The number of hydrogen-bond donors (Lipinski definition) is 0. The SMILES string of the molecule is CC(=Nc1c(-c2ccccc2)cc(-c2ccccc2)cc1-c1ccccc1)C(C)=Nc1c(-c2ccccc2)cc(-c2ccccc2)cc1-c1ccccc1. The van der Waals surface area contributed by atoms with E-state index in [0.717, 1.165) is 89.6 Å². The second kappa shape index (κ2) is 15.8. The van der Waals surface area contributed by atoms with Crippen LogP contribution in [-0.2, 0) is 0 Å². The quantitative estimate of drug-likeness (QED) is 0.135. The van der Waals surface area contributed by atoms with Gasteiger partial charge < -0.3 is 0 Å². The van der Waals surface area contributed by atoms with Crippen molar-refractivity contribution in [2.75, 3.05) is 0 Å². The number of rotatable bonds is 9. The maximum Gasteiger partial charge on any atom is 0.0790 e. The van der Waals surface area contributed by atoms with E-state index in [1.165, 1.54) is 0 Å². The van der Waals surface area contributed by atoms with Crippen LogP contribution < -0.4 is 0 Å². The summed E-state index contributed by atoms with van der Waals surface area (Å²) in [6.45, 7) is 4.16. The van der Waals surface area contributed by atoms with Crippen molar-refractivity contribution < 1.29 is 0 Å². The Morgan fingerprint density at radius 3 is 0.685 bits per heavy atom. The monoisotopic (exact) mass is 692 g/mol. The molecule has 0 atom stereocenters. The van der Waals surface area contributed by atoms with E-state index in [-0.39, 0.29) is 0 Å². The molecule has 0 bridgehead atoms. The van der Waals surface area contributed by atoms with Crippen LogP contribution in [0.15, 0.2) is 216 Å². The average molecular weight is 693 g/mol. The first-order valence-electron chi connectivity index (χ1n) is 18.4. The summed E-state index contributed by atoms with van der Waals surface area (Å²) in [7, 11) is 0. The molecule has 0 unspecified atom stereocenters. The van der Waals surface area contributed by atoms with Crippen LogP contribution in [0.4, 0.5) is 11.4 Å². The summed E-state index contributed by atoms with van der Waals surface area (Å²) in [5, 5.41) is 0. The van der Waals surface area contributed by atoms with Gasteiger partial charge in [0.05, 0.1) is 22.8 Å². The third-order valence-corrected chi connectivity index (χ3v) is 9.86. The summed E-state index contributed by atoms with van der Waals surface area (Å²) in [6.07, 6.45) is 0. The number of aliphatic imine (C=N–C) groups is 2. The van der Waals surface area contributed by atoms with Crippen LogP contribution in [-0.4, -0.2) is 11.4 Å². The Morgan fingerprint density at radius 2 is 0.463 bits per heavy atom. The van der Waals surface area contributed by atoms with E-state index in [2.05, 4.69) is 220 Å². The van der Waals surface area contributed by atoms with Gasteiger partial charge in [0.1, 0.15) is 0 Å². The highest BCUT2D eigenvalue weighted by molar-refractivity contribution is 6.42. The summed E-state index contributed by atoms with van der Waals surface area (Å²) < 4.78 is 0. The van der Waals surface area contributed by atoms with Gasteiger partial charge in [0.15, 0.2) is 0 Å². The third-order valence-electron chi connectivity index (χ3n) is 9.86. The van der Waals surface area contributed by atoms with Gasteiger partial charge in [-0.15, -0.1) is 0 Å². The second-order valence-corrected chi connectivity index (χ2v) is 13.4. The van der Waals surface area contributed by atoms with Crippen LogP contribution in [0, 0.1) is 0 Å². The van der Waals surface area contributed by atoms with E-state index in [1.807, 2.05) is 0 Å². The van der Waals surface area contributed by atoms with E-state index in [9.17, 15) is 0 Å². The van der Waals surface area contributed by atoms with E-state index in [0.29, 0.717) is 0 Å². The molecule has 0 aromatic heterocycles. The highest BCUT2D eigenvalue weighted by atomic mass is 14.8. The van der Waals surface area contributed by atoms with Gasteiger partial charge >= 0.3 is 0 Å². The summed E-state index contributed by atoms with van der Waals surface area (Å²) in [5.74, 6) is 0. The normalized spacial score (nSPS) is 11.7. The molecule has 0 aliphatic carbocycles. The molecule has 0 N–H and O–H groups in total. The summed E-state index contributed by atoms with van der Waals surface area (Å²) >= 11 is 0. The van der Waals surface area contributed by atoms with Gasteiger partial charge in [-0.25, -0.2) is 0 Å². The number of nitrogens with zero attached hydrogens (tertiary/aromatic N) is 2. The molecule has 0 spiro atoms. The number of benzene rings is 8. The van der Waals surface area contributed by atoms with Crippen LogP contribution in [0.3, 0.4) is 0 Å². The average Bonchev–Trinajstić information content (AvgIpc) is 3.25. The van der Waals surface area contributed by atoms with Crippen molar-refractivity contribution in [1.29, 1.82) is 0 Å². The van der Waals surface area contributed by atoms with E-state index >= 15 is 0 Å². The smallest absolute Gasteiger partial charge is 0.0790 e. The molecule has 8 aromatic carbocycles. The van der Waals surface area contributed by atoms with E-state index in [1.54, 1.807) is 0 Å². The topological polar surface area (TPSA) is 24.7 Å². The molecule has 0 saturated carbocycles. The van der Waals surface area contributed by atoms with Crippen LogP contribution in [0.25, 0.3) is 66.8 Å². The lowest BCUT2D eigenvalue weighted by Gasteiger charge is -2.18. The molecule has 0 saturated heterocycles. The Labute approximate surface area is 318 Å². The van der Waals surface area contributed by atoms with Crippen LogP contribution in [0.5, 0.6) is 0 Å². The van der Waals surface area contributed by atoms with E-state index < -0.39 is 0 Å². The van der Waals surface area contributed by atoms with Crippen molar-refractivity contribution >= 4 is 22.8 Å². The first-order valence-corrected chi connectivity index (χ1v) is 18.4. The Kier molecular flexibility index (Phi) is 9.99. The fourth-order valence-corrected chi connectivity index (χ4v) is 6.95. The largest absolute Gasteiger partial charge is 0.251 e. The van der Waals surface area contributed by atoms with E-state index in [4.69, 9.17) is 9.98 Å². The standard InChI is InChI=1S/C52H40N2/c1-37(53-51-47(41-25-13-5-14-26-41)33-45(39-21-9-3-10-22-39)34-48(51)42-27-15-6-16-28-42)38(2)54-52-49(43-29-17-7-18-30-43)35-46(40-23-11-4-12-24-40)36-50(52)44-31-19-8-20-32-44/h3-36H,1-2H3. The molecule has 0 radical (unpaired) electrons. The fraction of sp³-hybridized carbons (Fsp3) is 0.0385. The van der Waals surface area contributed by atoms with Gasteiger partial charge in [-0.1, -0.05) is 182 Å². The lowest BCUT2D eigenvalue weighted by Crippen LogP contribution is -2.06. The van der Waals surface area contributed by atoms with Gasteiger partial charge in [-0.3, -0.25) is 9.98 Å². The summed E-state index contributed by atoms with van der Waals surface area (Å²) in [6, 6.07) is 72.6. The van der Waals surface area contributed by atoms with Crippen LogP contribution in [0.1, 0.15) is 13.8 Å². The molecule has 2 nitrogen and oxygen atoms in total. The first kappa shape index (κ1) is 34.2. The summed E-state index contributed by atoms with van der Waals surface area (Å²) in [4.78, 5) is 11.0. The molecular formula is C52H40N2. The zero-order valence-electron chi connectivity index (χ0n) is 30.5. The zero-order chi connectivity index (χ0) is 36.7.